The average Bonchev–Trinajstić information content (AvgIpc) is 2.46. The number of rotatable bonds is 4. The fraction of sp³-hybridized carbons (Fsp3) is 0.667. The minimum Gasteiger partial charge on any atom is -0.298 e. The molecule has 1 fully saturated rings. The van der Waals surface area contributed by atoms with Crippen LogP contribution in [-0.4, -0.2) is 42.0 Å². The van der Waals surface area contributed by atoms with Crippen molar-refractivity contribution in [1.29, 1.82) is 0 Å². The van der Waals surface area contributed by atoms with E-state index in [4.69, 9.17) is 0 Å². The summed E-state index contributed by atoms with van der Waals surface area (Å²) < 4.78 is 0. The molecule has 20 heavy (non-hydrogen) atoms. The Morgan fingerprint density at radius 1 is 0.800 bits per heavy atom. The summed E-state index contributed by atoms with van der Waals surface area (Å²) in [6.07, 6.45) is 0. The Hall–Kier alpha value is -0.860. The van der Waals surface area contributed by atoms with Crippen LogP contribution >= 0.6 is 0 Å². The quantitative estimate of drug-likeness (QED) is 0.821. The maximum Gasteiger partial charge on any atom is 0.0321 e. The van der Waals surface area contributed by atoms with E-state index in [1.807, 2.05) is 0 Å². The summed E-state index contributed by atoms with van der Waals surface area (Å²) in [7, 11) is 0. The van der Waals surface area contributed by atoms with Crippen LogP contribution in [0, 0.1) is 0 Å². The van der Waals surface area contributed by atoms with Gasteiger partial charge in [-0.3, -0.25) is 9.80 Å². The van der Waals surface area contributed by atoms with Gasteiger partial charge in [0.1, 0.15) is 0 Å². The van der Waals surface area contributed by atoms with Crippen LogP contribution in [0.2, 0.25) is 0 Å². The van der Waals surface area contributed by atoms with Gasteiger partial charge in [0.15, 0.2) is 0 Å². The van der Waals surface area contributed by atoms with Crippen LogP contribution in [-0.2, 0) is 0 Å². The fourth-order valence-electron chi connectivity index (χ4n) is 3.03. The zero-order valence-electron chi connectivity index (χ0n) is 13.8. The third kappa shape index (κ3) is 3.62. The lowest BCUT2D eigenvalue weighted by Gasteiger charge is -2.40. The molecule has 1 atom stereocenters. The molecule has 1 saturated heterocycles. The predicted octanol–water partition coefficient (Wildman–Crippen LogP) is 3.90. The molecule has 1 heterocycles. The molecule has 2 rings (SSSR count). The molecule has 112 valence electrons. The summed E-state index contributed by atoms with van der Waals surface area (Å²) in [4.78, 5) is 5.20. The highest BCUT2D eigenvalue weighted by Crippen LogP contribution is 2.25. The summed E-state index contributed by atoms with van der Waals surface area (Å²) in [6.45, 7) is 16.3. The fourth-order valence-corrected chi connectivity index (χ4v) is 3.03. The van der Waals surface area contributed by atoms with E-state index in [0.29, 0.717) is 18.0 Å². The molecular weight excluding hydrogens is 244 g/mol. The molecule has 0 radical (unpaired) electrons. The Morgan fingerprint density at radius 3 is 1.90 bits per heavy atom. The first-order valence-electron chi connectivity index (χ1n) is 8.07. The van der Waals surface area contributed by atoms with Crippen molar-refractivity contribution in [1.82, 2.24) is 9.80 Å². The maximum absolute atomic E-state index is 2.62. The van der Waals surface area contributed by atoms with Crippen molar-refractivity contribution in [2.45, 2.75) is 52.6 Å². The molecule has 0 saturated carbocycles. The van der Waals surface area contributed by atoms with E-state index < -0.39 is 0 Å². The van der Waals surface area contributed by atoms with Crippen LogP contribution in [0.3, 0.4) is 0 Å². The van der Waals surface area contributed by atoms with Gasteiger partial charge in [-0.05, 0) is 37.8 Å². The van der Waals surface area contributed by atoms with Crippen molar-refractivity contribution in [2.24, 2.45) is 0 Å². The molecule has 0 spiro atoms. The van der Waals surface area contributed by atoms with Crippen molar-refractivity contribution >= 4 is 0 Å². The first-order chi connectivity index (χ1) is 9.49. The summed E-state index contributed by atoms with van der Waals surface area (Å²) in [5.41, 5.74) is 2.92. The monoisotopic (exact) mass is 274 g/mol. The maximum atomic E-state index is 2.62. The molecule has 1 aromatic carbocycles. The normalized spacial score (nSPS) is 19.8. The molecular formula is C18H30N2. The van der Waals surface area contributed by atoms with Crippen LogP contribution in [0.15, 0.2) is 24.3 Å². The van der Waals surface area contributed by atoms with Gasteiger partial charge in [0.05, 0.1) is 0 Å². The third-order valence-electron chi connectivity index (χ3n) is 4.69. The number of hydrogen-bond donors (Lipinski definition) is 0. The lowest BCUT2D eigenvalue weighted by Crippen LogP contribution is -2.49. The second-order valence-electron chi connectivity index (χ2n) is 6.67. The molecule has 0 bridgehead atoms. The number of hydrogen-bond acceptors (Lipinski definition) is 2. The molecule has 1 aromatic rings. The highest BCUT2D eigenvalue weighted by atomic mass is 15.3. The second kappa shape index (κ2) is 6.73. The molecule has 1 aliphatic rings. The Kier molecular flexibility index (Phi) is 5.22. The molecule has 0 amide bonds. The Bertz CT molecular complexity index is 417. The van der Waals surface area contributed by atoms with Crippen molar-refractivity contribution in [2.75, 3.05) is 26.2 Å². The van der Waals surface area contributed by atoms with Gasteiger partial charge in [-0.15, -0.1) is 0 Å². The molecule has 0 aliphatic carbocycles. The largest absolute Gasteiger partial charge is 0.298 e. The van der Waals surface area contributed by atoms with Gasteiger partial charge >= 0.3 is 0 Å². The van der Waals surface area contributed by atoms with E-state index in [9.17, 15) is 0 Å². The SMILES string of the molecule is CC(C)c1cccc(C(C)N2CCN(C(C)C)CC2)c1. The highest BCUT2D eigenvalue weighted by Gasteiger charge is 2.23. The van der Waals surface area contributed by atoms with Crippen LogP contribution in [0.4, 0.5) is 0 Å². The van der Waals surface area contributed by atoms with E-state index in [1.165, 1.54) is 37.3 Å². The highest BCUT2D eigenvalue weighted by molar-refractivity contribution is 5.27. The van der Waals surface area contributed by atoms with Gasteiger partial charge in [0.2, 0.25) is 0 Å². The smallest absolute Gasteiger partial charge is 0.0321 e. The van der Waals surface area contributed by atoms with E-state index >= 15 is 0 Å². The molecule has 0 aromatic heterocycles. The minimum absolute atomic E-state index is 0.531. The van der Waals surface area contributed by atoms with Crippen molar-refractivity contribution in [3.05, 3.63) is 35.4 Å². The van der Waals surface area contributed by atoms with Crippen molar-refractivity contribution in [3.8, 4) is 0 Å². The van der Waals surface area contributed by atoms with Crippen molar-refractivity contribution in [3.63, 3.8) is 0 Å². The molecule has 2 heteroatoms. The van der Waals surface area contributed by atoms with Gasteiger partial charge in [0.25, 0.3) is 0 Å². The molecule has 1 unspecified atom stereocenters. The van der Waals surface area contributed by atoms with Crippen LogP contribution in [0.5, 0.6) is 0 Å². The van der Waals surface area contributed by atoms with Gasteiger partial charge in [-0.1, -0.05) is 38.1 Å². The zero-order valence-corrected chi connectivity index (χ0v) is 13.8. The average molecular weight is 274 g/mol. The van der Waals surface area contributed by atoms with Crippen LogP contribution in [0.1, 0.15) is 57.7 Å². The summed E-state index contributed by atoms with van der Waals surface area (Å²) in [6, 6.07) is 10.3. The van der Waals surface area contributed by atoms with Gasteiger partial charge in [-0.2, -0.15) is 0 Å². The van der Waals surface area contributed by atoms with E-state index in [0.717, 1.165) is 0 Å². The number of benzene rings is 1. The van der Waals surface area contributed by atoms with Crippen LogP contribution < -0.4 is 0 Å². The Balaban J connectivity index is 2.01. The van der Waals surface area contributed by atoms with Crippen molar-refractivity contribution < 1.29 is 0 Å². The standard InChI is InChI=1S/C18H30N2/c1-14(2)17-7-6-8-18(13-17)16(5)20-11-9-19(10-12-20)15(3)4/h6-8,13-16H,9-12H2,1-5H3. The van der Waals surface area contributed by atoms with E-state index in [1.54, 1.807) is 0 Å². The van der Waals surface area contributed by atoms with Gasteiger partial charge < -0.3 is 0 Å². The lowest BCUT2D eigenvalue weighted by atomic mass is 9.97. The van der Waals surface area contributed by atoms with E-state index in [2.05, 4.69) is 68.7 Å². The summed E-state index contributed by atoms with van der Waals surface area (Å²) in [5.74, 6) is 0.611. The minimum atomic E-state index is 0.531. The second-order valence-corrected chi connectivity index (χ2v) is 6.67. The summed E-state index contributed by atoms with van der Waals surface area (Å²) >= 11 is 0. The Labute approximate surface area is 124 Å². The van der Waals surface area contributed by atoms with Gasteiger partial charge in [0, 0.05) is 38.3 Å². The van der Waals surface area contributed by atoms with Gasteiger partial charge in [-0.25, -0.2) is 0 Å². The topological polar surface area (TPSA) is 6.48 Å². The molecule has 0 N–H and O–H groups in total. The number of nitrogens with zero attached hydrogens (tertiary/aromatic N) is 2. The zero-order chi connectivity index (χ0) is 14.7. The third-order valence-corrected chi connectivity index (χ3v) is 4.69. The predicted molar refractivity (Wildman–Crippen MR) is 87.2 cm³/mol. The first-order valence-corrected chi connectivity index (χ1v) is 8.07. The lowest BCUT2D eigenvalue weighted by molar-refractivity contribution is 0.0833. The summed E-state index contributed by atoms with van der Waals surface area (Å²) in [5, 5.41) is 0. The number of piperazine rings is 1. The molecule has 1 aliphatic heterocycles. The molecule has 2 nitrogen and oxygen atoms in total. The van der Waals surface area contributed by atoms with E-state index in [-0.39, 0.29) is 0 Å². The van der Waals surface area contributed by atoms with Crippen LogP contribution in [0.25, 0.3) is 0 Å². The Morgan fingerprint density at radius 2 is 1.35 bits per heavy atom. The first kappa shape index (κ1) is 15.5.